The molecule has 0 saturated carbocycles. The van der Waals surface area contributed by atoms with Gasteiger partial charge in [0.1, 0.15) is 0 Å². The maximum atomic E-state index is 9.89. The molecule has 1 heterocycles. The van der Waals surface area contributed by atoms with Gasteiger partial charge in [-0.3, -0.25) is 4.68 Å². The van der Waals surface area contributed by atoms with E-state index in [2.05, 4.69) is 26.3 Å². The lowest BCUT2D eigenvalue weighted by atomic mass is 10.2. The van der Waals surface area contributed by atoms with E-state index in [1.54, 1.807) is 11.8 Å². The van der Waals surface area contributed by atoms with Crippen LogP contribution in [0.2, 0.25) is 0 Å². The molecule has 1 rings (SSSR count). The summed E-state index contributed by atoms with van der Waals surface area (Å²) in [6, 6.07) is 0. The SMILES string of the molecule is COCCNCC(O)Cc1c(Br)c(C)nn1C. The minimum absolute atomic E-state index is 0.419. The van der Waals surface area contributed by atoms with Gasteiger partial charge in [-0.15, -0.1) is 0 Å². The fourth-order valence-corrected chi connectivity index (χ4v) is 2.14. The summed E-state index contributed by atoms with van der Waals surface area (Å²) >= 11 is 3.49. The van der Waals surface area contributed by atoms with Gasteiger partial charge in [-0.1, -0.05) is 0 Å². The predicted octanol–water partition coefficient (Wildman–Crippen LogP) is 0.630. The van der Waals surface area contributed by atoms with Crippen LogP contribution in [0.3, 0.4) is 0 Å². The molecule has 0 aliphatic rings. The van der Waals surface area contributed by atoms with Gasteiger partial charge in [0.15, 0.2) is 0 Å². The van der Waals surface area contributed by atoms with Crippen LogP contribution >= 0.6 is 15.9 Å². The first-order valence-corrected chi connectivity index (χ1v) is 6.41. The molecule has 1 atom stereocenters. The smallest absolute Gasteiger partial charge is 0.0738 e. The molecule has 0 bridgehead atoms. The van der Waals surface area contributed by atoms with E-state index < -0.39 is 6.10 Å². The summed E-state index contributed by atoms with van der Waals surface area (Å²) < 4.78 is 7.70. The molecule has 1 unspecified atom stereocenters. The van der Waals surface area contributed by atoms with Crippen LogP contribution in [0.25, 0.3) is 0 Å². The number of aliphatic hydroxyl groups excluding tert-OH is 1. The Hall–Kier alpha value is -0.430. The van der Waals surface area contributed by atoms with E-state index in [0.717, 1.165) is 22.4 Å². The number of ether oxygens (including phenoxy) is 1. The van der Waals surface area contributed by atoms with Crippen molar-refractivity contribution in [3.63, 3.8) is 0 Å². The van der Waals surface area contributed by atoms with E-state index in [0.29, 0.717) is 19.6 Å². The lowest BCUT2D eigenvalue weighted by Gasteiger charge is -2.12. The number of nitrogens with zero attached hydrogens (tertiary/aromatic N) is 2. The monoisotopic (exact) mass is 305 g/mol. The van der Waals surface area contributed by atoms with Gasteiger partial charge in [-0.25, -0.2) is 0 Å². The van der Waals surface area contributed by atoms with Crippen LogP contribution in [-0.2, 0) is 18.2 Å². The standard InChI is InChI=1S/C11H20BrN3O2/c1-8-11(12)10(15(2)14-8)6-9(16)7-13-4-5-17-3/h9,13,16H,4-7H2,1-3H3. The molecule has 0 aromatic carbocycles. The fraction of sp³-hybridized carbons (Fsp3) is 0.727. The van der Waals surface area contributed by atoms with Crippen LogP contribution in [0.1, 0.15) is 11.4 Å². The van der Waals surface area contributed by atoms with Crippen molar-refractivity contribution in [2.45, 2.75) is 19.4 Å². The van der Waals surface area contributed by atoms with E-state index in [1.807, 2.05) is 14.0 Å². The zero-order chi connectivity index (χ0) is 12.8. The predicted molar refractivity (Wildman–Crippen MR) is 70.1 cm³/mol. The van der Waals surface area contributed by atoms with Crippen molar-refractivity contribution >= 4 is 15.9 Å². The third-order valence-corrected chi connectivity index (χ3v) is 3.59. The number of aryl methyl sites for hydroxylation is 2. The van der Waals surface area contributed by atoms with Gasteiger partial charge in [0.2, 0.25) is 0 Å². The number of hydrogen-bond acceptors (Lipinski definition) is 4. The number of aliphatic hydroxyl groups is 1. The highest BCUT2D eigenvalue weighted by Crippen LogP contribution is 2.21. The quantitative estimate of drug-likeness (QED) is 0.726. The highest BCUT2D eigenvalue weighted by Gasteiger charge is 2.14. The van der Waals surface area contributed by atoms with Crippen LogP contribution in [0.15, 0.2) is 4.47 Å². The Balaban J connectivity index is 2.42. The molecule has 0 radical (unpaired) electrons. The lowest BCUT2D eigenvalue weighted by molar-refractivity contribution is 0.158. The molecular formula is C11H20BrN3O2. The Bertz CT molecular complexity index is 355. The van der Waals surface area contributed by atoms with E-state index in [9.17, 15) is 5.11 Å². The van der Waals surface area contributed by atoms with E-state index in [1.165, 1.54) is 0 Å². The lowest BCUT2D eigenvalue weighted by Crippen LogP contribution is -2.31. The van der Waals surface area contributed by atoms with Crippen LogP contribution in [0.4, 0.5) is 0 Å². The molecule has 17 heavy (non-hydrogen) atoms. The molecule has 0 aliphatic carbocycles. The number of methoxy groups -OCH3 is 1. The van der Waals surface area contributed by atoms with Crippen LogP contribution in [-0.4, -0.2) is 47.8 Å². The zero-order valence-corrected chi connectivity index (χ0v) is 12.1. The Morgan fingerprint density at radius 1 is 1.59 bits per heavy atom. The molecule has 0 spiro atoms. The fourth-order valence-electron chi connectivity index (χ4n) is 1.64. The van der Waals surface area contributed by atoms with Crippen molar-refractivity contribution in [3.05, 3.63) is 15.9 Å². The minimum Gasteiger partial charge on any atom is -0.391 e. The Morgan fingerprint density at radius 2 is 2.29 bits per heavy atom. The normalized spacial score (nSPS) is 13.0. The van der Waals surface area contributed by atoms with Gasteiger partial charge in [-0.05, 0) is 22.9 Å². The summed E-state index contributed by atoms with van der Waals surface area (Å²) in [4.78, 5) is 0. The Kier molecular flexibility index (Phi) is 6.11. The summed E-state index contributed by atoms with van der Waals surface area (Å²) in [5.74, 6) is 0. The van der Waals surface area contributed by atoms with Crippen molar-refractivity contribution in [2.75, 3.05) is 26.8 Å². The molecule has 0 aliphatic heterocycles. The second-order valence-electron chi connectivity index (χ2n) is 4.02. The molecule has 0 fully saturated rings. The van der Waals surface area contributed by atoms with E-state index in [4.69, 9.17) is 4.74 Å². The molecule has 5 nitrogen and oxygen atoms in total. The van der Waals surface area contributed by atoms with Crippen molar-refractivity contribution < 1.29 is 9.84 Å². The first kappa shape index (κ1) is 14.6. The van der Waals surface area contributed by atoms with Gasteiger partial charge in [0.25, 0.3) is 0 Å². The largest absolute Gasteiger partial charge is 0.391 e. The molecule has 98 valence electrons. The van der Waals surface area contributed by atoms with Crippen LogP contribution in [0.5, 0.6) is 0 Å². The second kappa shape index (κ2) is 7.10. The summed E-state index contributed by atoms with van der Waals surface area (Å²) in [7, 11) is 3.55. The number of rotatable bonds is 7. The maximum absolute atomic E-state index is 9.89. The van der Waals surface area contributed by atoms with Crippen molar-refractivity contribution in [3.8, 4) is 0 Å². The third kappa shape index (κ3) is 4.39. The van der Waals surface area contributed by atoms with Gasteiger partial charge in [0.05, 0.1) is 28.6 Å². The molecule has 2 N–H and O–H groups in total. The van der Waals surface area contributed by atoms with E-state index in [-0.39, 0.29) is 0 Å². The average Bonchev–Trinajstić information content (AvgIpc) is 2.52. The minimum atomic E-state index is -0.419. The van der Waals surface area contributed by atoms with Crippen LogP contribution < -0.4 is 5.32 Å². The number of aromatic nitrogens is 2. The summed E-state index contributed by atoms with van der Waals surface area (Å²) in [6.07, 6.45) is 0.163. The Morgan fingerprint density at radius 3 is 2.82 bits per heavy atom. The maximum Gasteiger partial charge on any atom is 0.0738 e. The molecular weight excluding hydrogens is 286 g/mol. The second-order valence-corrected chi connectivity index (χ2v) is 4.82. The summed E-state index contributed by atoms with van der Waals surface area (Å²) in [5.41, 5.74) is 1.96. The average molecular weight is 306 g/mol. The third-order valence-electron chi connectivity index (χ3n) is 2.55. The van der Waals surface area contributed by atoms with Crippen LogP contribution in [0, 0.1) is 6.92 Å². The highest BCUT2D eigenvalue weighted by molar-refractivity contribution is 9.10. The Labute approximate surface area is 110 Å². The molecule has 0 amide bonds. The van der Waals surface area contributed by atoms with Crippen molar-refractivity contribution in [2.24, 2.45) is 7.05 Å². The van der Waals surface area contributed by atoms with Gasteiger partial charge in [0, 0.05) is 33.7 Å². The topological polar surface area (TPSA) is 59.3 Å². The summed E-state index contributed by atoms with van der Waals surface area (Å²) in [6.45, 7) is 3.90. The van der Waals surface area contributed by atoms with E-state index >= 15 is 0 Å². The van der Waals surface area contributed by atoms with Crippen molar-refractivity contribution in [1.82, 2.24) is 15.1 Å². The zero-order valence-electron chi connectivity index (χ0n) is 10.5. The van der Waals surface area contributed by atoms with Gasteiger partial charge < -0.3 is 15.2 Å². The number of hydrogen-bond donors (Lipinski definition) is 2. The molecule has 6 heteroatoms. The molecule has 1 aromatic rings. The van der Waals surface area contributed by atoms with Crippen molar-refractivity contribution in [1.29, 1.82) is 0 Å². The first-order valence-electron chi connectivity index (χ1n) is 5.62. The number of halogens is 1. The summed E-state index contributed by atoms with van der Waals surface area (Å²) in [5, 5.41) is 17.3. The van der Waals surface area contributed by atoms with Gasteiger partial charge in [-0.2, -0.15) is 5.10 Å². The highest BCUT2D eigenvalue weighted by atomic mass is 79.9. The molecule has 0 saturated heterocycles. The number of nitrogens with one attached hydrogen (secondary N) is 1. The first-order chi connectivity index (χ1) is 8.06. The molecule has 1 aromatic heterocycles. The van der Waals surface area contributed by atoms with Gasteiger partial charge >= 0.3 is 0 Å².